The largest absolute Gasteiger partial charge is 0.396 e. The van der Waals surface area contributed by atoms with Gasteiger partial charge >= 0.3 is 0 Å². The molecule has 1 heterocycles. The Morgan fingerprint density at radius 3 is 3.27 bits per heavy atom. The van der Waals surface area contributed by atoms with Crippen molar-refractivity contribution in [3.63, 3.8) is 0 Å². The fourth-order valence-electron chi connectivity index (χ4n) is 2.09. The van der Waals surface area contributed by atoms with Crippen molar-refractivity contribution >= 4 is 33.9 Å². The van der Waals surface area contributed by atoms with Crippen LogP contribution in [0.5, 0.6) is 0 Å². The molecule has 0 saturated heterocycles. The van der Waals surface area contributed by atoms with Crippen molar-refractivity contribution in [1.82, 2.24) is 5.32 Å². The molecule has 0 spiro atoms. The minimum Gasteiger partial charge on any atom is -0.396 e. The minimum absolute atomic E-state index is 0.285. The van der Waals surface area contributed by atoms with Crippen LogP contribution in [0.15, 0.2) is 6.07 Å². The molecule has 0 amide bonds. The smallest absolute Gasteiger partial charge is 0.0659 e. The summed E-state index contributed by atoms with van der Waals surface area (Å²) in [5.41, 5.74) is 1.51. The number of halogens is 1. The summed E-state index contributed by atoms with van der Waals surface area (Å²) in [5, 5.41) is 12.3. The topological polar surface area (TPSA) is 32.3 Å². The molecule has 2 nitrogen and oxygen atoms in total. The van der Waals surface area contributed by atoms with Gasteiger partial charge in [-0.1, -0.05) is 0 Å². The molecular formula is C11H16INOS. The van der Waals surface area contributed by atoms with Crippen LogP contribution in [0.3, 0.4) is 0 Å². The average Bonchev–Trinajstić information content (AvgIpc) is 2.59. The lowest BCUT2D eigenvalue weighted by molar-refractivity contribution is 0.281. The molecule has 1 aliphatic carbocycles. The van der Waals surface area contributed by atoms with E-state index in [-0.39, 0.29) is 6.61 Å². The highest BCUT2D eigenvalue weighted by Gasteiger charge is 2.21. The highest BCUT2D eigenvalue weighted by Crippen LogP contribution is 2.36. The molecule has 1 aliphatic rings. The molecule has 1 atom stereocenters. The summed E-state index contributed by atoms with van der Waals surface area (Å²) in [6.07, 6.45) is 4.64. The number of aryl methyl sites for hydroxylation is 1. The van der Waals surface area contributed by atoms with Crippen LogP contribution in [-0.2, 0) is 6.42 Å². The Bertz CT molecular complexity index is 326. The summed E-state index contributed by atoms with van der Waals surface area (Å²) >= 11 is 4.34. The van der Waals surface area contributed by atoms with Gasteiger partial charge in [0.2, 0.25) is 0 Å². The van der Waals surface area contributed by atoms with Crippen LogP contribution in [0.25, 0.3) is 0 Å². The summed E-state index contributed by atoms with van der Waals surface area (Å²) in [4.78, 5) is 1.56. The highest BCUT2D eigenvalue weighted by atomic mass is 127. The lowest BCUT2D eigenvalue weighted by Crippen LogP contribution is -2.25. The molecule has 0 aliphatic heterocycles. The standard InChI is InChI=1S/C11H16INOS/c12-11-7-8-9(13-5-2-6-14)3-1-4-10(8)15-11/h7,9,13-14H,1-6H2. The first-order valence-electron chi connectivity index (χ1n) is 5.43. The second-order valence-corrected chi connectivity index (χ2v) is 6.94. The highest BCUT2D eigenvalue weighted by molar-refractivity contribution is 14.1. The Labute approximate surface area is 108 Å². The number of hydrogen-bond donors (Lipinski definition) is 2. The van der Waals surface area contributed by atoms with E-state index in [4.69, 9.17) is 5.11 Å². The predicted molar refractivity (Wildman–Crippen MR) is 72.4 cm³/mol. The van der Waals surface area contributed by atoms with Crippen LogP contribution in [0.2, 0.25) is 0 Å². The molecule has 4 heteroatoms. The van der Waals surface area contributed by atoms with Gasteiger partial charge in [-0.05, 0) is 66.4 Å². The van der Waals surface area contributed by atoms with Gasteiger partial charge in [-0.2, -0.15) is 0 Å². The van der Waals surface area contributed by atoms with Crippen molar-refractivity contribution in [2.75, 3.05) is 13.2 Å². The van der Waals surface area contributed by atoms with Crippen molar-refractivity contribution < 1.29 is 5.11 Å². The molecule has 0 saturated carbocycles. The molecule has 1 aromatic rings. The molecule has 2 N–H and O–H groups in total. The number of thiophene rings is 1. The molecule has 1 unspecified atom stereocenters. The zero-order valence-electron chi connectivity index (χ0n) is 8.63. The Kier molecular flexibility index (Phi) is 4.42. The van der Waals surface area contributed by atoms with E-state index in [1.165, 1.54) is 27.7 Å². The van der Waals surface area contributed by atoms with E-state index in [2.05, 4.69) is 34.0 Å². The molecule has 0 bridgehead atoms. The number of aliphatic hydroxyl groups is 1. The van der Waals surface area contributed by atoms with Gasteiger partial charge in [0.1, 0.15) is 0 Å². The first kappa shape index (κ1) is 11.8. The molecular weight excluding hydrogens is 321 g/mol. The maximum absolute atomic E-state index is 8.76. The molecule has 0 radical (unpaired) electrons. The third-order valence-corrected chi connectivity index (χ3v) is 4.78. The lowest BCUT2D eigenvalue weighted by Gasteiger charge is -2.23. The van der Waals surface area contributed by atoms with Gasteiger partial charge in [0.05, 0.1) is 2.88 Å². The fraction of sp³-hybridized carbons (Fsp3) is 0.636. The molecule has 0 aromatic carbocycles. The first-order chi connectivity index (χ1) is 7.31. The summed E-state index contributed by atoms with van der Waals surface area (Å²) in [6, 6.07) is 2.84. The quantitative estimate of drug-likeness (QED) is 0.654. The lowest BCUT2D eigenvalue weighted by atomic mass is 9.94. The monoisotopic (exact) mass is 337 g/mol. The van der Waals surface area contributed by atoms with Crippen molar-refractivity contribution in [2.45, 2.75) is 31.7 Å². The van der Waals surface area contributed by atoms with E-state index < -0.39 is 0 Å². The van der Waals surface area contributed by atoms with Gasteiger partial charge in [0.15, 0.2) is 0 Å². The van der Waals surface area contributed by atoms with E-state index in [0.717, 1.165) is 13.0 Å². The second-order valence-electron chi connectivity index (χ2n) is 3.91. The maximum Gasteiger partial charge on any atom is 0.0659 e. The van der Waals surface area contributed by atoms with Crippen LogP contribution in [-0.4, -0.2) is 18.3 Å². The van der Waals surface area contributed by atoms with Crippen molar-refractivity contribution in [3.8, 4) is 0 Å². The van der Waals surface area contributed by atoms with Gasteiger partial charge in [-0.25, -0.2) is 0 Å². The van der Waals surface area contributed by atoms with E-state index in [9.17, 15) is 0 Å². The zero-order chi connectivity index (χ0) is 10.7. The third kappa shape index (κ3) is 2.93. The van der Waals surface area contributed by atoms with E-state index in [0.29, 0.717) is 6.04 Å². The molecule has 84 valence electrons. The Morgan fingerprint density at radius 2 is 2.47 bits per heavy atom. The summed E-state index contributed by atoms with van der Waals surface area (Å²) in [7, 11) is 0. The number of nitrogens with one attached hydrogen (secondary N) is 1. The predicted octanol–water partition coefficient (Wildman–Crippen LogP) is 2.70. The molecule has 15 heavy (non-hydrogen) atoms. The molecule has 1 aromatic heterocycles. The first-order valence-corrected chi connectivity index (χ1v) is 7.33. The normalized spacial score (nSPS) is 20.3. The van der Waals surface area contributed by atoms with E-state index >= 15 is 0 Å². The van der Waals surface area contributed by atoms with E-state index in [1.807, 2.05) is 11.3 Å². The van der Waals surface area contributed by atoms with Gasteiger partial charge in [0.25, 0.3) is 0 Å². The summed E-state index contributed by atoms with van der Waals surface area (Å²) in [6.45, 7) is 1.21. The van der Waals surface area contributed by atoms with Crippen molar-refractivity contribution in [1.29, 1.82) is 0 Å². The van der Waals surface area contributed by atoms with Gasteiger partial charge < -0.3 is 10.4 Å². The average molecular weight is 337 g/mol. The maximum atomic E-state index is 8.76. The number of fused-ring (bicyclic) bond motifs is 1. The minimum atomic E-state index is 0.285. The molecule has 2 rings (SSSR count). The SMILES string of the molecule is OCCCNC1CCCc2sc(I)cc21. The fourth-order valence-corrected chi connectivity index (χ4v) is 4.21. The van der Waals surface area contributed by atoms with Gasteiger partial charge in [-0.15, -0.1) is 11.3 Å². The second kappa shape index (κ2) is 5.61. The molecule has 0 fully saturated rings. The van der Waals surface area contributed by atoms with Crippen LogP contribution in [0.4, 0.5) is 0 Å². The number of rotatable bonds is 4. The van der Waals surface area contributed by atoms with Crippen LogP contribution in [0, 0.1) is 2.88 Å². The number of aliphatic hydroxyl groups excluding tert-OH is 1. The van der Waals surface area contributed by atoms with E-state index in [1.54, 1.807) is 4.88 Å². The van der Waals surface area contributed by atoms with Crippen molar-refractivity contribution in [2.24, 2.45) is 0 Å². The Hall–Kier alpha value is 0.350. The third-order valence-electron chi connectivity index (χ3n) is 2.81. The summed E-state index contributed by atoms with van der Waals surface area (Å²) < 4.78 is 1.40. The summed E-state index contributed by atoms with van der Waals surface area (Å²) in [5.74, 6) is 0. The van der Waals surface area contributed by atoms with Crippen molar-refractivity contribution in [3.05, 3.63) is 19.4 Å². The van der Waals surface area contributed by atoms with Crippen LogP contribution >= 0.6 is 33.9 Å². The van der Waals surface area contributed by atoms with Gasteiger partial charge in [-0.3, -0.25) is 0 Å². The van der Waals surface area contributed by atoms with Crippen LogP contribution < -0.4 is 5.32 Å². The Balaban J connectivity index is 2.01. The Morgan fingerprint density at radius 1 is 1.60 bits per heavy atom. The van der Waals surface area contributed by atoms with Gasteiger partial charge in [0, 0.05) is 17.5 Å². The number of hydrogen-bond acceptors (Lipinski definition) is 3. The zero-order valence-corrected chi connectivity index (χ0v) is 11.6. The van der Waals surface area contributed by atoms with Crippen LogP contribution in [0.1, 0.15) is 35.7 Å².